The van der Waals surface area contributed by atoms with Gasteiger partial charge in [-0.1, -0.05) is 18.2 Å². The van der Waals surface area contributed by atoms with Gasteiger partial charge >= 0.3 is 12.4 Å². The van der Waals surface area contributed by atoms with Crippen LogP contribution in [-0.2, 0) is 5.60 Å². The molecular weight excluding hydrogens is 340 g/mol. The summed E-state index contributed by atoms with van der Waals surface area (Å²) in [6.45, 7) is 1.66. The van der Waals surface area contributed by atoms with E-state index in [4.69, 9.17) is 0 Å². The molecule has 0 fully saturated rings. The van der Waals surface area contributed by atoms with Crippen molar-refractivity contribution in [3.8, 4) is 5.69 Å². The predicted molar refractivity (Wildman–Crippen MR) is 72.8 cm³/mol. The SMILES string of the molecule is Cc1ccc(=O)n(-c2ccc(C(O)(C(F)(F)F)C(F)(F)F)cc2)c1. The molecule has 24 heavy (non-hydrogen) atoms. The molecule has 0 aliphatic heterocycles. The van der Waals surface area contributed by atoms with Crippen molar-refractivity contribution in [3.05, 3.63) is 64.1 Å². The highest BCUT2D eigenvalue weighted by Crippen LogP contribution is 2.49. The van der Waals surface area contributed by atoms with Gasteiger partial charge in [0.2, 0.25) is 0 Å². The van der Waals surface area contributed by atoms with Gasteiger partial charge in [-0.3, -0.25) is 9.36 Å². The molecule has 0 atom stereocenters. The van der Waals surface area contributed by atoms with Crippen molar-refractivity contribution in [2.45, 2.75) is 24.9 Å². The Balaban J connectivity index is 2.56. The fraction of sp³-hybridized carbons (Fsp3) is 0.267. The minimum absolute atomic E-state index is 0.0687. The van der Waals surface area contributed by atoms with Crippen LogP contribution >= 0.6 is 0 Å². The topological polar surface area (TPSA) is 42.2 Å². The number of aryl methyl sites for hydroxylation is 1. The largest absolute Gasteiger partial charge is 0.430 e. The van der Waals surface area contributed by atoms with Gasteiger partial charge in [0.15, 0.2) is 0 Å². The van der Waals surface area contributed by atoms with Crippen LogP contribution in [-0.4, -0.2) is 22.0 Å². The number of nitrogens with zero attached hydrogens (tertiary/aromatic N) is 1. The lowest BCUT2D eigenvalue weighted by Gasteiger charge is -2.32. The summed E-state index contributed by atoms with van der Waals surface area (Å²) in [6.07, 6.45) is -10.5. The highest BCUT2D eigenvalue weighted by atomic mass is 19.4. The minimum Gasteiger partial charge on any atom is -0.369 e. The Kier molecular flexibility index (Phi) is 4.26. The maximum Gasteiger partial charge on any atom is 0.430 e. The van der Waals surface area contributed by atoms with Crippen molar-refractivity contribution in [1.29, 1.82) is 0 Å². The molecule has 0 amide bonds. The Morgan fingerprint density at radius 2 is 1.38 bits per heavy atom. The highest BCUT2D eigenvalue weighted by Gasteiger charge is 2.71. The van der Waals surface area contributed by atoms with Crippen molar-refractivity contribution < 1.29 is 31.4 Å². The van der Waals surface area contributed by atoms with Crippen molar-refractivity contribution >= 4 is 0 Å². The summed E-state index contributed by atoms with van der Waals surface area (Å²) >= 11 is 0. The summed E-state index contributed by atoms with van der Waals surface area (Å²) in [7, 11) is 0. The zero-order chi connectivity index (χ0) is 18.3. The first-order chi connectivity index (χ1) is 10.9. The maximum atomic E-state index is 12.8. The van der Waals surface area contributed by atoms with Gasteiger partial charge in [0.1, 0.15) is 0 Å². The molecule has 0 bridgehead atoms. The second kappa shape index (κ2) is 5.66. The van der Waals surface area contributed by atoms with Crippen molar-refractivity contribution in [1.82, 2.24) is 4.57 Å². The van der Waals surface area contributed by atoms with Crippen LogP contribution in [0.5, 0.6) is 0 Å². The number of pyridine rings is 1. The summed E-state index contributed by atoms with van der Waals surface area (Å²) in [5.74, 6) is 0. The molecule has 0 unspecified atom stereocenters. The second-order valence-corrected chi connectivity index (χ2v) is 5.17. The predicted octanol–water partition coefficient (Wildman–Crippen LogP) is 3.46. The van der Waals surface area contributed by atoms with Crippen LogP contribution in [0.2, 0.25) is 0 Å². The standard InChI is InChI=1S/C15H11F6NO2/c1-9-2-7-12(23)22(8-9)11-5-3-10(4-6-11)13(24,14(16,17)18)15(19,20)21/h2-8,24H,1H3. The van der Waals surface area contributed by atoms with Crippen LogP contribution in [0.25, 0.3) is 5.69 Å². The van der Waals surface area contributed by atoms with E-state index in [2.05, 4.69) is 0 Å². The number of benzene rings is 1. The molecule has 0 saturated heterocycles. The van der Waals surface area contributed by atoms with Gasteiger partial charge in [0, 0.05) is 23.5 Å². The van der Waals surface area contributed by atoms with Gasteiger partial charge in [0.05, 0.1) is 0 Å². The number of halogens is 6. The van der Waals surface area contributed by atoms with Crippen molar-refractivity contribution in [3.63, 3.8) is 0 Å². The molecule has 3 nitrogen and oxygen atoms in total. The molecule has 2 aromatic rings. The Labute approximate surface area is 131 Å². The summed E-state index contributed by atoms with van der Waals surface area (Å²) in [5.41, 5.74) is -6.14. The zero-order valence-electron chi connectivity index (χ0n) is 12.1. The third-order valence-electron chi connectivity index (χ3n) is 3.44. The molecule has 1 aromatic carbocycles. The van der Waals surface area contributed by atoms with Crippen LogP contribution in [0, 0.1) is 6.92 Å². The zero-order valence-corrected chi connectivity index (χ0v) is 12.1. The molecule has 9 heteroatoms. The van der Waals surface area contributed by atoms with Crippen LogP contribution in [0.3, 0.4) is 0 Å². The molecule has 1 N–H and O–H groups in total. The number of aromatic nitrogens is 1. The molecular formula is C15H11F6NO2. The average molecular weight is 351 g/mol. The Hall–Kier alpha value is -2.29. The minimum atomic E-state index is -5.95. The van der Waals surface area contributed by atoms with Gasteiger partial charge in [-0.15, -0.1) is 0 Å². The highest BCUT2D eigenvalue weighted by molar-refractivity contribution is 5.38. The lowest BCUT2D eigenvalue weighted by molar-refractivity contribution is -0.376. The fourth-order valence-corrected chi connectivity index (χ4v) is 2.15. The summed E-state index contributed by atoms with van der Waals surface area (Å²) in [6, 6.07) is 5.51. The van der Waals surface area contributed by atoms with Crippen LogP contribution in [0.4, 0.5) is 26.3 Å². The molecule has 1 heterocycles. The summed E-state index contributed by atoms with van der Waals surface area (Å²) in [5, 5.41) is 9.30. The average Bonchev–Trinajstić information content (AvgIpc) is 2.47. The smallest absolute Gasteiger partial charge is 0.369 e. The van der Waals surface area contributed by atoms with E-state index in [1.807, 2.05) is 0 Å². The van der Waals surface area contributed by atoms with E-state index in [-0.39, 0.29) is 5.69 Å². The van der Waals surface area contributed by atoms with E-state index in [9.17, 15) is 36.2 Å². The third kappa shape index (κ3) is 2.91. The summed E-state index contributed by atoms with van der Waals surface area (Å²) < 4.78 is 77.9. The summed E-state index contributed by atoms with van der Waals surface area (Å²) in [4.78, 5) is 11.7. The van der Waals surface area contributed by atoms with Crippen molar-refractivity contribution in [2.75, 3.05) is 0 Å². The van der Waals surface area contributed by atoms with Gasteiger partial charge in [-0.2, -0.15) is 26.3 Å². The van der Waals surface area contributed by atoms with E-state index in [0.717, 1.165) is 16.7 Å². The van der Waals surface area contributed by atoms with Crippen LogP contribution < -0.4 is 5.56 Å². The van der Waals surface area contributed by atoms with E-state index >= 15 is 0 Å². The monoisotopic (exact) mass is 351 g/mol. The molecule has 2 rings (SSSR count). The second-order valence-electron chi connectivity index (χ2n) is 5.17. The molecule has 0 saturated carbocycles. The van der Waals surface area contributed by atoms with Crippen LogP contribution in [0.15, 0.2) is 47.4 Å². The van der Waals surface area contributed by atoms with Gasteiger partial charge in [-0.25, -0.2) is 0 Å². The number of hydrogen-bond donors (Lipinski definition) is 1. The lowest BCUT2D eigenvalue weighted by Crippen LogP contribution is -2.53. The molecule has 0 radical (unpaired) electrons. The van der Waals surface area contributed by atoms with Gasteiger partial charge in [0.25, 0.3) is 11.2 Å². The maximum absolute atomic E-state index is 12.8. The lowest BCUT2D eigenvalue weighted by atomic mass is 9.92. The molecule has 0 spiro atoms. The van der Waals surface area contributed by atoms with Crippen molar-refractivity contribution in [2.24, 2.45) is 0 Å². The van der Waals surface area contributed by atoms with Gasteiger partial charge < -0.3 is 5.11 Å². The Morgan fingerprint density at radius 1 is 0.875 bits per heavy atom. The van der Waals surface area contributed by atoms with E-state index in [1.54, 1.807) is 6.92 Å². The fourth-order valence-electron chi connectivity index (χ4n) is 2.15. The quantitative estimate of drug-likeness (QED) is 0.842. The Morgan fingerprint density at radius 3 is 1.83 bits per heavy atom. The molecule has 0 aliphatic rings. The Bertz CT molecular complexity index is 775. The normalized spacial score (nSPS) is 13.2. The van der Waals surface area contributed by atoms with E-state index < -0.39 is 29.1 Å². The first kappa shape index (κ1) is 18.1. The molecule has 1 aromatic heterocycles. The number of alkyl halides is 6. The number of rotatable bonds is 2. The third-order valence-corrected chi connectivity index (χ3v) is 3.44. The van der Waals surface area contributed by atoms with Gasteiger partial charge in [-0.05, 0) is 24.6 Å². The first-order valence-corrected chi connectivity index (χ1v) is 6.54. The van der Waals surface area contributed by atoms with Crippen LogP contribution in [0.1, 0.15) is 11.1 Å². The van der Waals surface area contributed by atoms with E-state index in [1.165, 1.54) is 18.3 Å². The molecule has 130 valence electrons. The number of hydrogen-bond acceptors (Lipinski definition) is 2. The first-order valence-electron chi connectivity index (χ1n) is 6.54. The van der Waals surface area contributed by atoms with E-state index in [0.29, 0.717) is 17.7 Å². The number of aliphatic hydroxyl groups is 1. The molecule has 0 aliphatic carbocycles.